The van der Waals surface area contributed by atoms with Crippen molar-refractivity contribution in [2.24, 2.45) is 0 Å². The predicted octanol–water partition coefficient (Wildman–Crippen LogP) is 5.68. The molecule has 35 heavy (non-hydrogen) atoms. The normalized spacial score (nSPS) is 12.3. The highest BCUT2D eigenvalue weighted by atomic mass is 79.9. The zero-order valence-electron chi connectivity index (χ0n) is 18.9. The van der Waals surface area contributed by atoms with Crippen LogP contribution in [0.2, 0.25) is 5.02 Å². The fraction of sp³-hybridized carbons (Fsp3) is 0.304. The van der Waals surface area contributed by atoms with E-state index in [9.17, 15) is 13.6 Å². The Labute approximate surface area is 213 Å². The Morgan fingerprint density at radius 2 is 2.03 bits per heavy atom. The highest BCUT2D eigenvalue weighted by Crippen LogP contribution is 2.34. The number of amides is 1. The van der Waals surface area contributed by atoms with Crippen LogP contribution in [0.5, 0.6) is 5.75 Å². The third-order valence-corrected chi connectivity index (χ3v) is 6.11. The Morgan fingerprint density at radius 1 is 1.23 bits per heavy atom. The number of hydrogen-bond acceptors (Lipinski definition) is 6. The molecule has 2 aromatic carbocycles. The zero-order valence-corrected chi connectivity index (χ0v) is 21.2. The summed E-state index contributed by atoms with van der Waals surface area (Å²) in [7, 11) is 0. The Morgan fingerprint density at radius 3 is 2.74 bits per heavy atom. The van der Waals surface area contributed by atoms with E-state index in [1.54, 1.807) is 0 Å². The van der Waals surface area contributed by atoms with Crippen molar-refractivity contribution < 1.29 is 18.3 Å². The Kier molecular flexibility index (Phi) is 7.66. The summed E-state index contributed by atoms with van der Waals surface area (Å²) >= 11 is 9.51. The summed E-state index contributed by atoms with van der Waals surface area (Å²) in [5, 5.41) is 11.5. The molecule has 0 fully saturated rings. The average molecular weight is 568 g/mol. The Bertz CT molecular complexity index is 1380. The molecule has 1 amide bonds. The number of rotatable bonds is 9. The lowest BCUT2D eigenvalue weighted by atomic mass is 10.2. The zero-order chi connectivity index (χ0) is 25.1. The number of anilines is 1. The molecule has 4 rings (SSSR count). The topological polar surface area (TPSA) is 93.4 Å². The van der Waals surface area contributed by atoms with E-state index in [0.29, 0.717) is 29.5 Å². The number of halogens is 4. The molecule has 2 N–H and O–H groups in total. The second-order valence-corrected chi connectivity index (χ2v) is 8.95. The molecule has 0 radical (unpaired) electrons. The molecule has 2 heterocycles. The quantitative estimate of drug-likeness (QED) is 0.270. The smallest absolute Gasteiger partial charge is 0.387 e. The molecule has 4 aromatic rings. The maximum atomic E-state index is 13.0. The summed E-state index contributed by atoms with van der Waals surface area (Å²) in [5.74, 6) is 0.101. The van der Waals surface area contributed by atoms with Gasteiger partial charge < -0.3 is 15.4 Å². The number of alkyl halides is 2. The van der Waals surface area contributed by atoms with Crippen molar-refractivity contribution in [3.63, 3.8) is 0 Å². The third kappa shape index (κ3) is 5.30. The van der Waals surface area contributed by atoms with Gasteiger partial charge in [-0.15, -0.1) is 5.10 Å². The minimum Gasteiger partial charge on any atom is -0.434 e. The molecule has 0 saturated heterocycles. The lowest BCUT2D eigenvalue weighted by Crippen LogP contribution is -2.40. The lowest BCUT2D eigenvalue weighted by molar-refractivity contribution is -0.121. The number of benzene rings is 2. The molecule has 0 aliphatic rings. The van der Waals surface area contributed by atoms with Crippen LogP contribution in [-0.2, 0) is 4.79 Å². The molecule has 2 aromatic heterocycles. The summed E-state index contributed by atoms with van der Waals surface area (Å²) < 4.78 is 32.9. The first-order valence-electron chi connectivity index (χ1n) is 11.0. The number of carbonyl (C=O) groups excluding carboxylic acids is 1. The standard InChI is InChI=1S/C23H22BrClF2N6O2/c1-3-10-28-21(34)16(4-2)29-23-30-18-14(6-5-7-15(18)24)20-31-19(32-33(20)23)13-9-8-12(25)11-17(13)35-22(26)27/h5-9,11,16,22H,3-4,10H2,1-2H3,(H,28,34)(H,29,30)/t16-/m1/s1. The minimum atomic E-state index is -3.05. The number of nitrogens with one attached hydrogen (secondary N) is 2. The van der Waals surface area contributed by atoms with Crippen molar-refractivity contribution in [2.75, 3.05) is 11.9 Å². The first-order chi connectivity index (χ1) is 16.8. The van der Waals surface area contributed by atoms with Crippen molar-refractivity contribution in [3.05, 3.63) is 45.9 Å². The molecule has 12 heteroatoms. The fourth-order valence-electron chi connectivity index (χ4n) is 3.56. The van der Waals surface area contributed by atoms with Gasteiger partial charge in [-0.2, -0.15) is 13.3 Å². The molecule has 8 nitrogen and oxygen atoms in total. The highest BCUT2D eigenvalue weighted by molar-refractivity contribution is 9.10. The van der Waals surface area contributed by atoms with Crippen molar-refractivity contribution in [1.29, 1.82) is 0 Å². The maximum absolute atomic E-state index is 13.0. The van der Waals surface area contributed by atoms with E-state index in [2.05, 4.69) is 41.4 Å². The molecule has 0 spiro atoms. The second-order valence-electron chi connectivity index (χ2n) is 7.66. The minimum absolute atomic E-state index is 0.137. The highest BCUT2D eigenvalue weighted by Gasteiger charge is 2.23. The molecule has 184 valence electrons. The van der Waals surface area contributed by atoms with Gasteiger partial charge in [0.15, 0.2) is 11.5 Å². The number of para-hydroxylation sites is 1. The first kappa shape index (κ1) is 25.1. The van der Waals surface area contributed by atoms with E-state index in [1.807, 2.05) is 32.0 Å². The summed E-state index contributed by atoms with van der Waals surface area (Å²) in [4.78, 5) is 22.0. The number of hydrogen-bond donors (Lipinski definition) is 2. The molecular weight excluding hydrogens is 546 g/mol. The number of fused-ring (bicyclic) bond motifs is 3. The van der Waals surface area contributed by atoms with Gasteiger partial charge in [-0.25, -0.2) is 9.97 Å². The first-order valence-corrected chi connectivity index (χ1v) is 12.1. The van der Waals surface area contributed by atoms with Gasteiger partial charge in [-0.3, -0.25) is 4.79 Å². The van der Waals surface area contributed by atoms with Crippen LogP contribution in [0.1, 0.15) is 26.7 Å². The largest absolute Gasteiger partial charge is 0.434 e. The van der Waals surface area contributed by atoms with Crippen molar-refractivity contribution in [3.8, 4) is 17.1 Å². The van der Waals surface area contributed by atoms with E-state index in [4.69, 9.17) is 16.6 Å². The van der Waals surface area contributed by atoms with Gasteiger partial charge in [0, 0.05) is 21.4 Å². The molecule has 0 aliphatic heterocycles. The van der Waals surface area contributed by atoms with Crippen LogP contribution >= 0.6 is 27.5 Å². The van der Waals surface area contributed by atoms with E-state index >= 15 is 0 Å². The SMILES string of the molecule is CCCNC(=O)[C@@H](CC)Nc1nc2c(Br)cccc2c2nc(-c3ccc(Cl)cc3OC(F)F)nn12. The van der Waals surface area contributed by atoms with Crippen LogP contribution in [-0.4, -0.2) is 44.7 Å². The number of nitrogens with zero attached hydrogens (tertiary/aromatic N) is 4. The van der Waals surface area contributed by atoms with E-state index < -0.39 is 12.7 Å². The average Bonchev–Trinajstić information content (AvgIpc) is 3.27. The van der Waals surface area contributed by atoms with Crippen LogP contribution < -0.4 is 15.4 Å². The van der Waals surface area contributed by atoms with Gasteiger partial charge >= 0.3 is 6.61 Å². The van der Waals surface area contributed by atoms with Crippen LogP contribution in [0.25, 0.3) is 27.9 Å². The van der Waals surface area contributed by atoms with Gasteiger partial charge in [0.1, 0.15) is 11.8 Å². The Balaban J connectivity index is 1.88. The second kappa shape index (κ2) is 10.7. The molecule has 0 bridgehead atoms. The van der Waals surface area contributed by atoms with Crippen molar-refractivity contribution in [2.45, 2.75) is 39.3 Å². The summed E-state index contributed by atoms with van der Waals surface area (Å²) in [5.41, 5.74) is 1.27. The van der Waals surface area contributed by atoms with Gasteiger partial charge in [0.2, 0.25) is 11.9 Å². The predicted molar refractivity (Wildman–Crippen MR) is 134 cm³/mol. The monoisotopic (exact) mass is 566 g/mol. The molecular formula is C23H22BrClF2N6O2. The maximum Gasteiger partial charge on any atom is 0.387 e. The summed E-state index contributed by atoms with van der Waals surface area (Å²) in [6.07, 6.45) is 1.31. The van der Waals surface area contributed by atoms with Gasteiger partial charge in [-0.05, 0) is 59.1 Å². The van der Waals surface area contributed by atoms with Crippen LogP contribution in [0.4, 0.5) is 14.7 Å². The van der Waals surface area contributed by atoms with Gasteiger partial charge in [-0.1, -0.05) is 31.5 Å². The van der Waals surface area contributed by atoms with E-state index in [1.165, 1.54) is 22.7 Å². The molecule has 0 unspecified atom stereocenters. The van der Waals surface area contributed by atoms with Gasteiger partial charge in [0.05, 0.1) is 11.1 Å². The number of aromatic nitrogens is 4. The molecule has 0 aliphatic carbocycles. The van der Waals surface area contributed by atoms with Crippen molar-refractivity contribution in [1.82, 2.24) is 24.9 Å². The van der Waals surface area contributed by atoms with Gasteiger partial charge in [0.25, 0.3) is 0 Å². The summed E-state index contributed by atoms with van der Waals surface area (Å²) in [6.45, 7) is 1.36. The number of ether oxygens (including phenoxy) is 1. The van der Waals surface area contributed by atoms with Crippen LogP contribution in [0.3, 0.4) is 0 Å². The molecule has 1 atom stereocenters. The van der Waals surface area contributed by atoms with Crippen LogP contribution in [0, 0.1) is 0 Å². The van der Waals surface area contributed by atoms with Crippen LogP contribution in [0.15, 0.2) is 40.9 Å². The fourth-order valence-corrected chi connectivity index (χ4v) is 4.18. The van der Waals surface area contributed by atoms with Crippen molar-refractivity contribution >= 4 is 55.9 Å². The van der Waals surface area contributed by atoms with E-state index in [-0.39, 0.29) is 34.0 Å². The Hall–Kier alpha value is -3.05. The summed E-state index contributed by atoms with van der Waals surface area (Å²) in [6, 6.07) is 9.26. The number of carbonyl (C=O) groups is 1. The third-order valence-electron chi connectivity index (χ3n) is 5.23. The molecule has 0 saturated carbocycles. The van der Waals surface area contributed by atoms with E-state index in [0.717, 1.165) is 10.9 Å². The lowest BCUT2D eigenvalue weighted by Gasteiger charge is -2.18.